The molecule has 0 bridgehead atoms. The number of hydrogen-bond acceptors (Lipinski definition) is 4. The Morgan fingerprint density at radius 1 is 1.31 bits per heavy atom. The smallest absolute Gasteiger partial charge is 0.251 e. The molecule has 1 atom stereocenters. The van der Waals surface area contributed by atoms with Gasteiger partial charge in [-0.2, -0.15) is 0 Å². The number of carbonyl (C=O) groups excluding carboxylic acids is 1. The fourth-order valence-electron chi connectivity index (χ4n) is 3.93. The fraction of sp³-hybridized carbons (Fsp3) is 0.625. The summed E-state index contributed by atoms with van der Waals surface area (Å²) in [4.78, 5) is 15.0. The molecule has 1 aliphatic carbocycles. The van der Waals surface area contributed by atoms with Gasteiger partial charge in [0, 0.05) is 43.7 Å². The van der Waals surface area contributed by atoms with Crippen LogP contribution in [0.5, 0.6) is 0 Å². The van der Waals surface area contributed by atoms with Crippen molar-refractivity contribution in [1.82, 2.24) is 15.5 Å². The minimum Gasteiger partial charge on any atom is -0.380 e. The molecular weight excluding hydrogens is 362 g/mol. The summed E-state index contributed by atoms with van der Waals surface area (Å²) in [5.74, 6) is 1.41. The van der Waals surface area contributed by atoms with Gasteiger partial charge in [-0.15, -0.1) is 0 Å². The Labute approximate surface area is 175 Å². The lowest BCUT2D eigenvalue weighted by molar-refractivity contribution is 0.0555. The molecule has 1 aliphatic heterocycles. The van der Waals surface area contributed by atoms with Crippen molar-refractivity contribution in [1.29, 1.82) is 0 Å². The van der Waals surface area contributed by atoms with Gasteiger partial charge in [-0.05, 0) is 81.3 Å². The predicted molar refractivity (Wildman–Crippen MR) is 119 cm³/mol. The minimum atomic E-state index is -0.0416. The molecule has 1 unspecified atom stereocenters. The van der Waals surface area contributed by atoms with E-state index in [4.69, 9.17) is 4.74 Å². The molecule has 5 nitrogen and oxygen atoms in total. The van der Waals surface area contributed by atoms with Crippen LogP contribution in [0.25, 0.3) is 12.8 Å². The molecule has 29 heavy (non-hydrogen) atoms. The van der Waals surface area contributed by atoms with Gasteiger partial charge in [0.05, 0.1) is 6.10 Å². The van der Waals surface area contributed by atoms with E-state index in [-0.39, 0.29) is 12.0 Å². The first-order chi connectivity index (χ1) is 13.9. The lowest BCUT2D eigenvalue weighted by atomic mass is 9.97. The topological polar surface area (TPSA) is 53.6 Å². The maximum Gasteiger partial charge on any atom is 0.251 e. The number of piperidine rings is 1. The van der Waals surface area contributed by atoms with Crippen LogP contribution in [-0.4, -0.2) is 56.7 Å². The number of ether oxygens (including phenoxy) is 1. The second-order valence-corrected chi connectivity index (χ2v) is 8.87. The second-order valence-electron chi connectivity index (χ2n) is 8.87. The van der Waals surface area contributed by atoms with Crippen LogP contribution in [0.15, 0.2) is 12.1 Å². The third kappa shape index (κ3) is 6.58. The second kappa shape index (κ2) is 10.3. The van der Waals surface area contributed by atoms with Crippen LogP contribution < -0.4 is 21.1 Å². The van der Waals surface area contributed by atoms with Crippen molar-refractivity contribution in [3.05, 3.63) is 33.7 Å². The average molecular weight is 400 g/mol. The Balaban J connectivity index is 1.63. The van der Waals surface area contributed by atoms with Crippen LogP contribution in [0.1, 0.15) is 48.5 Å². The Kier molecular flexibility index (Phi) is 7.73. The molecule has 1 amide bonds. The molecule has 5 heteroatoms. The van der Waals surface area contributed by atoms with Crippen molar-refractivity contribution in [3.8, 4) is 0 Å². The monoisotopic (exact) mass is 399 g/mol. The molecule has 1 heterocycles. The summed E-state index contributed by atoms with van der Waals surface area (Å²) in [6, 6.07) is 3.83. The zero-order chi connectivity index (χ0) is 20.8. The summed E-state index contributed by atoms with van der Waals surface area (Å²) in [5, 5.41) is 8.45. The summed E-state index contributed by atoms with van der Waals surface area (Å²) in [7, 11) is 2.12. The maximum absolute atomic E-state index is 12.8. The summed E-state index contributed by atoms with van der Waals surface area (Å²) in [6.45, 7) is 12.8. The van der Waals surface area contributed by atoms with E-state index in [1.807, 2.05) is 26.0 Å². The molecule has 2 N–H and O–H groups in total. The zero-order valence-electron chi connectivity index (χ0n) is 18.3. The third-order valence-corrected chi connectivity index (χ3v) is 6.07. The Hall–Kier alpha value is -1.85. The normalized spacial score (nSPS) is 19.2. The van der Waals surface area contributed by atoms with E-state index in [1.165, 1.54) is 25.7 Å². The molecule has 2 aliphatic rings. The van der Waals surface area contributed by atoms with E-state index in [9.17, 15) is 4.79 Å². The molecule has 1 aromatic rings. The van der Waals surface area contributed by atoms with Crippen LogP contribution in [-0.2, 0) is 4.74 Å². The molecule has 1 saturated heterocycles. The van der Waals surface area contributed by atoms with E-state index in [0.717, 1.165) is 54.1 Å². The number of nitrogens with one attached hydrogen (secondary N) is 2. The van der Waals surface area contributed by atoms with E-state index < -0.39 is 0 Å². The van der Waals surface area contributed by atoms with Gasteiger partial charge in [0.15, 0.2) is 0 Å². The van der Waals surface area contributed by atoms with E-state index in [2.05, 4.69) is 35.4 Å². The fourth-order valence-corrected chi connectivity index (χ4v) is 3.93. The highest BCUT2D eigenvalue weighted by Crippen LogP contribution is 2.29. The predicted octanol–water partition coefficient (Wildman–Crippen LogP) is 1.62. The van der Waals surface area contributed by atoms with Crippen molar-refractivity contribution >= 4 is 18.7 Å². The highest BCUT2D eigenvalue weighted by atomic mass is 16.5. The Morgan fingerprint density at radius 2 is 2.03 bits per heavy atom. The number of carbonyl (C=O) groups is 1. The van der Waals surface area contributed by atoms with Crippen LogP contribution in [0.3, 0.4) is 0 Å². The summed E-state index contributed by atoms with van der Waals surface area (Å²) < 4.78 is 5.81. The zero-order valence-corrected chi connectivity index (χ0v) is 18.3. The van der Waals surface area contributed by atoms with Crippen molar-refractivity contribution in [3.63, 3.8) is 0 Å². The van der Waals surface area contributed by atoms with E-state index >= 15 is 0 Å². The first kappa shape index (κ1) is 21.8. The lowest BCUT2D eigenvalue weighted by Crippen LogP contribution is -2.37. The molecule has 0 radical (unpaired) electrons. The summed E-state index contributed by atoms with van der Waals surface area (Å²) in [6.07, 6.45) is 7.18. The highest BCUT2D eigenvalue weighted by molar-refractivity contribution is 5.95. The molecule has 1 saturated carbocycles. The third-order valence-electron chi connectivity index (χ3n) is 6.07. The van der Waals surface area contributed by atoms with Crippen molar-refractivity contribution in [2.24, 2.45) is 11.8 Å². The highest BCUT2D eigenvalue weighted by Gasteiger charge is 2.22. The Morgan fingerprint density at radius 3 is 2.72 bits per heavy atom. The first-order valence-electron chi connectivity index (χ1n) is 11.0. The van der Waals surface area contributed by atoms with Crippen molar-refractivity contribution in [2.45, 2.75) is 45.6 Å². The molecule has 160 valence electrons. The molecule has 2 fully saturated rings. The average Bonchev–Trinajstić information content (AvgIpc) is 3.53. The standard InChI is InChI=1S/C24H37N3O2/c1-17-5-8-22(24(28)26-13-18(2)29-16-21-6-7-21)19(3)23(17)15-27(4)14-20-9-11-25-12-10-20/h5,8,15,18,20-21,25H,1,6-7,9-14,16H2,2-4H3,(H,26,28)/b23-15+. The number of rotatable bonds is 9. The van der Waals surface area contributed by atoms with Gasteiger partial charge in [-0.25, -0.2) is 0 Å². The van der Waals surface area contributed by atoms with Crippen LogP contribution >= 0.6 is 0 Å². The number of nitrogens with zero attached hydrogens (tertiary/aromatic N) is 1. The largest absolute Gasteiger partial charge is 0.380 e. The number of hydrogen-bond donors (Lipinski definition) is 2. The van der Waals surface area contributed by atoms with Gasteiger partial charge >= 0.3 is 0 Å². The van der Waals surface area contributed by atoms with Crippen molar-refractivity contribution < 1.29 is 9.53 Å². The van der Waals surface area contributed by atoms with E-state index in [1.54, 1.807) is 0 Å². The van der Waals surface area contributed by atoms with Crippen molar-refractivity contribution in [2.75, 3.05) is 39.8 Å². The molecular formula is C24H37N3O2. The maximum atomic E-state index is 12.8. The number of benzene rings is 1. The SMILES string of the molecule is C=c1ccc(C(=O)NCC(C)OCC2CC2)c(C)/c1=C/N(C)CC1CCNCC1. The van der Waals surface area contributed by atoms with Crippen LogP contribution in [0.4, 0.5) is 0 Å². The van der Waals surface area contributed by atoms with Crippen LogP contribution in [0, 0.1) is 18.8 Å². The summed E-state index contributed by atoms with van der Waals surface area (Å²) >= 11 is 0. The van der Waals surface area contributed by atoms with Gasteiger partial charge in [-0.3, -0.25) is 4.79 Å². The van der Waals surface area contributed by atoms with Crippen LogP contribution in [0.2, 0.25) is 0 Å². The molecule has 1 aromatic carbocycles. The lowest BCUT2D eigenvalue weighted by Gasteiger charge is -2.27. The van der Waals surface area contributed by atoms with E-state index in [0.29, 0.717) is 12.1 Å². The quantitative estimate of drug-likeness (QED) is 0.663. The van der Waals surface area contributed by atoms with Gasteiger partial charge in [0.1, 0.15) is 0 Å². The van der Waals surface area contributed by atoms with Gasteiger partial charge in [-0.1, -0.05) is 12.6 Å². The summed E-state index contributed by atoms with van der Waals surface area (Å²) in [5.41, 5.74) is 1.70. The molecule has 3 rings (SSSR count). The number of amides is 1. The minimum absolute atomic E-state index is 0.0362. The van der Waals surface area contributed by atoms with Gasteiger partial charge < -0.3 is 20.3 Å². The van der Waals surface area contributed by atoms with Gasteiger partial charge in [0.2, 0.25) is 0 Å². The van der Waals surface area contributed by atoms with Gasteiger partial charge in [0.25, 0.3) is 5.91 Å². The molecule has 0 aromatic heterocycles. The Bertz CT molecular complexity index is 797. The molecule has 0 spiro atoms. The first-order valence-corrected chi connectivity index (χ1v) is 11.0.